The minimum atomic E-state index is -0.0814. The Morgan fingerprint density at radius 2 is 2.00 bits per heavy atom. The van der Waals surface area contributed by atoms with E-state index >= 15 is 0 Å². The normalized spacial score (nSPS) is 24.2. The number of carbonyl (C=O) groups excluding carboxylic acids is 1. The van der Waals surface area contributed by atoms with Crippen LogP contribution in [0.2, 0.25) is 0 Å². The van der Waals surface area contributed by atoms with Gasteiger partial charge < -0.3 is 15.0 Å². The van der Waals surface area contributed by atoms with Gasteiger partial charge in [0.2, 0.25) is 0 Å². The van der Waals surface area contributed by atoms with Gasteiger partial charge in [-0.05, 0) is 20.8 Å². The Labute approximate surface area is 137 Å². The number of aromatic nitrogens is 1. The average Bonchev–Trinajstić information content (AvgIpc) is 2.86. The minimum absolute atomic E-state index is 0.0353. The van der Waals surface area contributed by atoms with Gasteiger partial charge in [0, 0.05) is 23.9 Å². The number of hydrogen-bond acceptors (Lipinski definition) is 4. The molecule has 1 aliphatic heterocycles. The van der Waals surface area contributed by atoms with Crippen LogP contribution in [0, 0.1) is 0 Å². The summed E-state index contributed by atoms with van der Waals surface area (Å²) in [6.07, 6.45) is 0.161. The fourth-order valence-corrected chi connectivity index (χ4v) is 3.57. The molecule has 1 aromatic heterocycles. The number of urea groups is 1. The molecule has 124 valence electrons. The Bertz CT molecular complexity index is 514. The van der Waals surface area contributed by atoms with Crippen molar-refractivity contribution in [1.29, 1.82) is 0 Å². The molecule has 5 nitrogen and oxygen atoms in total. The maximum Gasteiger partial charge on any atom is 0.318 e. The molecule has 3 atom stereocenters. The van der Waals surface area contributed by atoms with Crippen molar-refractivity contribution in [2.45, 2.75) is 65.2 Å². The summed E-state index contributed by atoms with van der Waals surface area (Å²) in [5.41, 5.74) is 1.11. The van der Waals surface area contributed by atoms with Crippen molar-refractivity contribution in [3.63, 3.8) is 0 Å². The first-order valence-electron chi connectivity index (χ1n) is 7.83. The largest absolute Gasteiger partial charge is 0.372 e. The van der Waals surface area contributed by atoms with Gasteiger partial charge in [0.05, 0.1) is 23.9 Å². The van der Waals surface area contributed by atoms with Crippen LogP contribution in [-0.4, -0.2) is 41.2 Å². The van der Waals surface area contributed by atoms with Crippen LogP contribution in [0.5, 0.6) is 0 Å². The number of rotatable bonds is 2. The molecule has 1 aliphatic rings. The van der Waals surface area contributed by atoms with E-state index < -0.39 is 0 Å². The van der Waals surface area contributed by atoms with Crippen LogP contribution in [0.4, 0.5) is 4.79 Å². The van der Waals surface area contributed by atoms with Crippen molar-refractivity contribution in [3.05, 3.63) is 16.1 Å². The van der Waals surface area contributed by atoms with Crippen LogP contribution in [0.25, 0.3) is 0 Å². The maximum atomic E-state index is 12.4. The Kier molecular flexibility index (Phi) is 5.12. The molecule has 0 aliphatic carbocycles. The molecule has 0 spiro atoms. The first-order valence-corrected chi connectivity index (χ1v) is 8.71. The van der Waals surface area contributed by atoms with E-state index in [4.69, 9.17) is 4.74 Å². The van der Waals surface area contributed by atoms with Crippen molar-refractivity contribution in [1.82, 2.24) is 15.2 Å². The molecule has 2 amide bonds. The van der Waals surface area contributed by atoms with Crippen LogP contribution in [0.3, 0.4) is 0 Å². The lowest BCUT2D eigenvalue weighted by molar-refractivity contribution is -0.0547. The predicted octanol–water partition coefficient (Wildman–Crippen LogP) is 3.32. The standard InChI is InChI=1S/C16H27N3O2S/c1-10-7-19(8-11(2)21-10)15(20)17-12(3)14-18-13(9-22-14)16(4,5)6/h9-12H,7-8H2,1-6H3,(H,17,20)/t10-,11-,12+/m1/s1. The van der Waals surface area contributed by atoms with Gasteiger partial charge in [-0.1, -0.05) is 20.8 Å². The molecular formula is C16H27N3O2S. The van der Waals surface area contributed by atoms with E-state index in [-0.39, 0.29) is 29.7 Å². The van der Waals surface area contributed by atoms with Crippen LogP contribution in [0.15, 0.2) is 5.38 Å². The van der Waals surface area contributed by atoms with Gasteiger partial charge in [-0.2, -0.15) is 0 Å². The second-order valence-corrected chi connectivity index (χ2v) is 8.04. The summed E-state index contributed by atoms with van der Waals surface area (Å²) in [5, 5.41) is 6.08. The highest BCUT2D eigenvalue weighted by Crippen LogP contribution is 2.26. The summed E-state index contributed by atoms with van der Waals surface area (Å²) in [5.74, 6) is 0. The lowest BCUT2D eigenvalue weighted by Gasteiger charge is -2.35. The van der Waals surface area contributed by atoms with E-state index in [1.165, 1.54) is 0 Å². The second kappa shape index (κ2) is 6.54. The van der Waals surface area contributed by atoms with Crippen molar-refractivity contribution < 1.29 is 9.53 Å². The van der Waals surface area contributed by atoms with E-state index in [9.17, 15) is 4.79 Å². The number of nitrogens with one attached hydrogen (secondary N) is 1. The topological polar surface area (TPSA) is 54.5 Å². The summed E-state index contributed by atoms with van der Waals surface area (Å²) in [6.45, 7) is 13.7. The quantitative estimate of drug-likeness (QED) is 0.907. The van der Waals surface area contributed by atoms with Crippen LogP contribution < -0.4 is 5.32 Å². The Hall–Kier alpha value is -1.14. The van der Waals surface area contributed by atoms with Gasteiger partial charge in [0.15, 0.2) is 0 Å². The molecule has 0 saturated carbocycles. The average molecular weight is 325 g/mol. The van der Waals surface area contributed by atoms with E-state index in [0.29, 0.717) is 13.1 Å². The van der Waals surface area contributed by atoms with E-state index in [2.05, 4.69) is 36.5 Å². The zero-order valence-electron chi connectivity index (χ0n) is 14.3. The molecule has 6 heteroatoms. The van der Waals surface area contributed by atoms with Gasteiger partial charge in [-0.3, -0.25) is 0 Å². The summed E-state index contributed by atoms with van der Waals surface area (Å²) in [6, 6.07) is -0.121. The second-order valence-electron chi connectivity index (χ2n) is 7.15. The number of thiazole rings is 1. The van der Waals surface area contributed by atoms with Crippen molar-refractivity contribution in [2.75, 3.05) is 13.1 Å². The molecule has 0 bridgehead atoms. The number of amides is 2. The first-order chi connectivity index (χ1) is 10.2. The van der Waals surface area contributed by atoms with Crippen LogP contribution >= 0.6 is 11.3 Å². The monoisotopic (exact) mass is 325 g/mol. The zero-order chi connectivity index (χ0) is 16.5. The highest BCUT2D eigenvalue weighted by molar-refractivity contribution is 7.09. The SMILES string of the molecule is C[C@@H]1CN(C(=O)N[C@@H](C)c2nc(C(C)(C)C)cs2)C[C@@H](C)O1. The molecule has 0 radical (unpaired) electrons. The maximum absolute atomic E-state index is 12.4. The van der Waals surface area contributed by atoms with Crippen LogP contribution in [0.1, 0.15) is 58.3 Å². The Morgan fingerprint density at radius 3 is 2.50 bits per heavy atom. The van der Waals surface area contributed by atoms with Gasteiger partial charge in [-0.15, -0.1) is 11.3 Å². The molecular weight excluding hydrogens is 298 g/mol. The third-order valence-corrected chi connectivity index (χ3v) is 4.74. The third kappa shape index (κ3) is 4.20. The molecule has 22 heavy (non-hydrogen) atoms. The Morgan fingerprint density at radius 1 is 1.41 bits per heavy atom. The smallest absolute Gasteiger partial charge is 0.318 e. The molecule has 2 rings (SSSR count). The number of ether oxygens (including phenoxy) is 1. The summed E-state index contributed by atoms with van der Waals surface area (Å²) in [7, 11) is 0. The minimum Gasteiger partial charge on any atom is -0.372 e. The fourth-order valence-electron chi connectivity index (χ4n) is 2.51. The third-order valence-electron chi connectivity index (χ3n) is 3.71. The number of nitrogens with zero attached hydrogens (tertiary/aromatic N) is 2. The lowest BCUT2D eigenvalue weighted by atomic mass is 9.93. The molecule has 1 aromatic rings. The van der Waals surface area contributed by atoms with Gasteiger partial charge in [0.1, 0.15) is 5.01 Å². The van der Waals surface area contributed by atoms with Crippen molar-refractivity contribution >= 4 is 17.4 Å². The van der Waals surface area contributed by atoms with Gasteiger partial charge in [0.25, 0.3) is 0 Å². The van der Waals surface area contributed by atoms with Gasteiger partial charge in [-0.25, -0.2) is 9.78 Å². The first kappa shape index (κ1) is 17.2. The van der Waals surface area contributed by atoms with Crippen molar-refractivity contribution in [2.24, 2.45) is 0 Å². The zero-order valence-corrected chi connectivity index (χ0v) is 15.2. The predicted molar refractivity (Wildman–Crippen MR) is 89.3 cm³/mol. The molecule has 1 N–H and O–H groups in total. The molecule has 1 fully saturated rings. The summed E-state index contributed by atoms with van der Waals surface area (Å²) in [4.78, 5) is 18.9. The number of carbonyl (C=O) groups is 1. The molecule has 0 unspecified atom stereocenters. The number of hydrogen-bond donors (Lipinski definition) is 1. The highest BCUT2D eigenvalue weighted by Gasteiger charge is 2.27. The molecule has 2 heterocycles. The van der Waals surface area contributed by atoms with E-state index in [1.54, 1.807) is 11.3 Å². The summed E-state index contributed by atoms with van der Waals surface area (Å²) < 4.78 is 5.66. The summed E-state index contributed by atoms with van der Waals surface area (Å²) >= 11 is 1.61. The Balaban J connectivity index is 1.97. The van der Waals surface area contributed by atoms with Crippen LogP contribution in [-0.2, 0) is 10.2 Å². The lowest BCUT2D eigenvalue weighted by Crippen LogP contribution is -2.52. The highest BCUT2D eigenvalue weighted by atomic mass is 32.1. The van der Waals surface area contributed by atoms with Gasteiger partial charge >= 0.3 is 6.03 Å². The van der Waals surface area contributed by atoms with E-state index in [0.717, 1.165) is 10.7 Å². The molecule has 1 saturated heterocycles. The van der Waals surface area contributed by atoms with Crippen molar-refractivity contribution in [3.8, 4) is 0 Å². The number of morpholine rings is 1. The fraction of sp³-hybridized carbons (Fsp3) is 0.750. The molecule has 0 aromatic carbocycles. The van der Waals surface area contributed by atoms with E-state index in [1.807, 2.05) is 25.7 Å².